The summed E-state index contributed by atoms with van der Waals surface area (Å²) in [6, 6.07) is 11.2. The molecule has 3 N–H and O–H groups in total. The first-order valence-corrected chi connectivity index (χ1v) is 20.6. The molecule has 1 atom stereocenters. The van der Waals surface area contributed by atoms with E-state index in [2.05, 4.69) is 30.7 Å². The van der Waals surface area contributed by atoms with E-state index < -0.39 is 29.7 Å². The van der Waals surface area contributed by atoms with Gasteiger partial charge in [-0.15, -0.1) is 0 Å². The van der Waals surface area contributed by atoms with Crippen LogP contribution in [0.3, 0.4) is 0 Å². The Morgan fingerprint density at radius 3 is 2.33 bits per heavy atom. The molecular formula is C42H46ClN9O8. The van der Waals surface area contributed by atoms with E-state index in [1.807, 2.05) is 38.1 Å². The van der Waals surface area contributed by atoms with Crippen molar-refractivity contribution in [2.24, 2.45) is 0 Å². The van der Waals surface area contributed by atoms with Crippen molar-refractivity contribution in [2.75, 3.05) is 55.0 Å². The largest absolute Gasteiger partial charge is 0.478 e. The molecule has 8 rings (SSSR count). The van der Waals surface area contributed by atoms with Crippen LogP contribution in [-0.2, 0) is 19.1 Å². The molecule has 5 amide bonds. The average Bonchev–Trinajstić information content (AvgIpc) is 3.49. The monoisotopic (exact) mass is 839 g/mol. The number of likely N-dealkylation sites (N-methyl/N-ethyl adjacent to an activating group) is 1. The summed E-state index contributed by atoms with van der Waals surface area (Å²) in [7, 11) is 1.50. The summed E-state index contributed by atoms with van der Waals surface area (Å²) in [6.45, 7) is 6.17. The van der Waals surface area contributed by atoms with E-state index in [1.165, 1.54) is 7.05 Å². The summed E-state index contributed by atoms with van der Waals surface area (Å²) in [5.41, 5.74) is 2.32. The maximum absolute atomic E-state index is 13.6. The maximum atomic E-state index is 13.6. The van der Waals surface area contributed by atoms with Gasteiger partial charge in [-0.3, -0.25) is 39.0 Å². The van der Waals surface area contributed by atoms with Crippen molar-refractivity contribution < 1.29 is 33.4 Å². The van der Waals surface area contributed by atoms with Crippen molar-refractivity contribution in [3.63, 3.8) is 0 Å². The number of anilines is 4. The number of hydrogen-bond acceptors (Lipinski definition) is 13. The van der Waals surface area contributed by atoms with Gasteiger partial charge in [0.25, 0.3) is 23.3 Å². The smallest absolute Gasteiger partial charge is 0.293 e. The molecule has 2 aromatic heterocycles. The van der Waals surface area contributed by atoms with E-state index in [1.54, 1.807) is 29.0 Å². The molecule has 6 heterocycles. The quantitative estimate of drug-likeness (QED) is 0.184. The fourth-order valence-electron chi connectivity index (χ4n) is 8.42. The van der Waals surface area contributed by atoms with Crippen LogP contribution in [0.4, 0.5) is 23.1 Å². The second-order valence-corrected chi connectivity index (χ2v) is 16.1. The van der Waals surface area contributed by atoms with Crippen LogP contribution in [0.5, 0.6) is 5.75 Å². The predicted octanol–water partition coefficient (Wildman–Crippen LogP) is 3.95. The molecule has 4 aromatic rings. The third kappa shape index (κ3) is 7.98. The number of carbonyl (C=O) groups excluding carboxylic acids is 5. The van der Waals surface area contributed by atoms with Crippen molar-refractivity contribution in [1.82, 2.24) is 30.1 Å². The Kier molecular flexibility index (Phi) is 11.5. The maximum Gasteiger partial charge on any atom is 0.293 e. The summed E-state index contributed by atoms with van der Waals surface area (Å²) < 4.78 is 13.8. The Morgan fingerprint density at radius 2 is 1.65 bits per heavy atom. The first kappa shape index (κ1) is 40.7. The highest BCUT2D eigenvalue weighted by Gasteiger charge is 2.46. The molecule has 2 aromatic carbocycles. The first-order chi connectivity index (χ1) is 28.9. The lowest BCUT2D eigenvalue weighted by molar-refractivity contribution is -0.136. The average molecular weight is 840 g/mol. The molecule has 17 nitrogen and oxygen atoms in total. The van der Waals surface area contributed by atoms with E-state index in [-0.39, 0.29) is 60.5 Å². The van der Waals surface area contributed by atoms with Crippen molar-refractivity contribution in [3.05, 3.63) is 75.2 Å². The minimum Gasteiger partial charge on any atom is -0.478 e. The Hall–Kier alpha value is -6.07. The molecule has 0 aliphatic carbocycles. The van der Waals surface area contributed by atoms with Crippen molar-refractivity contribution in [3.8, 4) is 5.75 Å². The molecule has 0 radical (unpaired) electrons. The van der Waals surface area contributed by atoms with Crippen LogP contribution in [0.15, 0.2) is 53.5 Å². The van der Waals surface area contributed by atoms with Crippen LogP contribution in [0.1, 0.15) is 79.1 Å². The van der Waals surface area contributed by atoms with Gasteiger partial charge < -0.3 is 34.5 Å². The Morgan fingerprint density at radius 1 is 0.933 bits per heavy atom. The number of benzene rings is 2. The molecule has 3 saturated heterocycles. The number of rotatable bonds is 11. The number of carbonyl (C=O) groups is 5. The molecule has 4 aliphatic heterocycles. The standard InChI is InChI=1S/C42H46ClN9O8/c1-23(2)51-30-8-7-25(19-24(30)20-33(40(51)57)59-22-35(54)44-3)46-37-29(43)21-45-42(48-37)50-17-13-27(14-18-50)60-26-11-15-49(16-12-26)31-6-4-5-28-36(31)41(58)52(39(28)56)32-9-10-34(53)47-38(32)55/h4-8,19-21,23,26-27,32H,9-18,22H2,1-3H3,(H,44,54)(H,45,46,48)(H,47,53,55). The number of pyridine rings is 1. The van der Waals surface area contributed by atoms with E-state index in [9.17, 15) is 28.8 Å². The number of piperidine rings is 3. The SMILES string of the molecule is CNC(=O)COc1cc2cc(Nc3nc(N4CCC(OC5CCN(c6cccc7c6C(=O)N(C6CCC(=O)NC6=O)C7=O)CC5)CC4)ncc3Cl)ccc2n(C(C)C)c1=O. The van der Waals surface area contributed by atoms with Gasteiger partial charge in [0.2, 0.25) is 17.8 Å². The van der Waals surface area contributed by atoms with Crippen molar-refractivity contribution in [2.45, 2.75) is 76.7 Å². The van der Waals surface area contributed by atoms with E-state index in [0.29, 0.717) is 65.4 Å². The van der Waals surface area contributed by atoms with Crippen molar-refractivity contribution >= 4 is 75.2 Å². The molecule has 4 aliphatic rings. The summed E-state index contributed by atoms with van der Waals surface area (Å²) in [4.78, 5) is 90.8. The van der Waals surface area contributed by atoms with Gasteiger partial charge in [0.15, 0.2) is 18.2 Å². The summed E-state index contributed by atoms with van der Waals surface area (Å²) in [6.07, 6.45) is 4.87. The fourth-order valence-corrected chi connectivity index (χ4v) is 8.56. The molecule has 3 fully saturated rings. The number of hydrogen-bond donors (Lipinski definition) is 3. The summed E-state index contributed by atoms with van der Waals surface area (Å²) in [5.74, 6) is -1.37. The zero-order chi connectivity index (χ0) is 42.2. The molecule has 1 unspecified atom stereocenters. The lowest BCUT2D eigenvalue weighted by atomic mass is 10.0. The van der Waals surface area contributed by atoms with Crippen LogP contribution in [0, 0.1) is 0 Å². The Bertz CT molecular complexity index is 2440. The highest BCUT2D eigenvalue weighted by Crippen LogP contribution is 2.36. The normalized spacial score (nSPS) is 18.9. The van der Waals surface area contributed by atoms with Gasteiger partial charge >= 0.3 is 0 Å². The van der Waals surface area contributed by atoms with Gasteiger partial charge in [0, 0.05) is 56.8 Å². The second-order valence-electron chi connectivity index (χ2n) is 15.7. The lowest BCUT2D eigenvalue weighted by Gasteiger charge is -2.38. The number of aromatic nitrogens is 3. The van der Waals surface area contributed by atoms with Crippen LogP contribution >= 0.6 is 11.6 Å². The topological polar surface area (TPSA) is 197 Å². The van der Waals surface area contributed by atoms with E-state index >= 15 is 0 Å². The van der Waals surface area contributed by atoms with Crippen LogP contribution < -0.4 is 36.0 Å². The van der Waals surface area contributed by atoms with Gasteiger partial charge in [0.05, 0.1) is 40.7 Å². The van der Waals surface area contributed by atoms with Gasteiger partial charge in [-0.05, 0) is 82.3 Å². The Balaban J connectivity index is 0.871. The van der Waals surface area contributed by atoms with Crippen LogP contribution in [-0.4, -0.2) is 107 Å². The minimum absolute atomic E-state index is 0.0325. The molecule has 0 spiro atoms. The number of amides is 5. The molecule has 60 heavy (non-hydrogen) atoms. The second kappa shape index (κ2) is 16.9. The van der Waals surface area contributed by atoms with Gasteiger partial charge in [-0.2, -0.15) is 4.98 Å². The zero-order valence-corrected chi connectivity index (χ0v) is 34.3. The third-order valence-corrected chi connectivity index (χ3v) is 11.8. The molecule has 0 saturated carbocycles. The van der Waals surface area contributed by atoms with E-state index in [0.717, 1.165) is 36.0 Å². The van der Waals surface area contributed by atoms with Crippen molar-refractivity contribution in [1.29, 1.82) is 0 Å². The number of halogens is 1. The summed E-state index contributed by atoms with van der Waals surface area (Å²) in [5, 5.41) is 9.12. The first-order valence-electron chi connectivity index (χ1n) is 20.2. The lowest BCUT2D eigenvalue weighted by Crippen LogP contribution is -2.54. The predicted molar refractivity (Wildman–Crippen MR) is 223 cm³/mol. The molecule has 0 bridgehead atoms. The number of nitrogens with zero attached hydrogens (tertiary/aromatic N) is 6. The van der Waals surface area contributed by atoms with E-state index in [4.69, 9.17) is 26.1 Å². The van der Waals surface area contributed by atoms with Gasteiger partial charge in [-0.25, -0.2) is 4.98 Å². The van der Waals surface area contributed by atoms with Gasteiger partial charge in [-0.1, -0.05) is 17.7 Å². The third-order valence-electron chi connectivity index (χ3n) is 11.5. The fraction of sp³-hybridized carbons (Fsp3) is 0.429. The number of nitrogens with one attached hydrogen (secondary N) is 3. The molecular weight excluding hydrogens is 794 g/mol. The zero-order valence-electron chi connectivity index (χ0n) is 33.5. The number of imide groups is 2. The number of ether oxygens (including phenoxy) is 2. The van der Waals surface area contributed by atoms with Gasteiger partial charge in [0.1, 0.15) is 11.1 Å². The summed E-state index contributed by atoms with van der Waals surface area (Å²) >= 11 is 6.58. The molecule has 18 heteroatoms. The molecule has 314 valence electrons. The highest BCUT2D eigenvalue weighted by atomic mass is 35.5. The minimum atomic E-state index is -1.01. The van der Waals surface area contributed by atoms with Crippen LogP contribution in [0.25, 0.3) is 10.9 Å². The van der Waals surface area contributed by atoms with Crippen LogP contribution in [0.2, 0.25) is 5.02 Å². The Labute approximate surface area is 350 Å². The number of fused-ring (bicyclic) bond motifs is 2. The highest BCUT2D eigenvalue weighted by molar-refractivity contribution is 6.33.